The van der Waals surface area contributed by atoms with Crippen molar-refractivity contribution in [1.82, 2.24) is 0 Å². The average Bonchev–Trinajstić information content (AvgIpc) is 2.99. The summed E-state index contributed by atoms with van der Waals surface area (Å²) in [4.78, 5) is 12.7. The van der Waals surface area contributed by atoms with Gasteiger partial charge in [-0.15, -0.1) is 13.2 Å². The zero-order chi connectivity index (χ0) is 29.0. The summed E-state index contributed by atoms with van der Waals surface area (Å²) < 4.78 is 35.8. The van der Waals surface area contributed by atoms with E-state index < -0.39 is 17.6 Å². The van der Waals surface area contributed by atoms with Gasteiger partial charge in [0.1, 0.15) is 17.7 Å². The zero-order valence-corrected chi connectivity index (χ0v) is 24.2. The Kier molecular flexibility index (Phi) is 11.7. The molecule has 0 aliphatic heterocycles. The molecule has 0 heterocycles. The lowest BCUT2D eigenvalue weighted by molar-refractivity contribution is 0.0184. The van der Waals surface area contributed by atoms with Crippen LogP contribution in [0.25, 0.3) is 17.2 Å². The van der Waals surface area contributed by atoms with Crippen LogP contribution < -0.4 is 0 Å². The van der Waals surface area contributed by atoms with Crippen LogP contribution in [-0.2, 0) is 4.74 Å². The average molecular weight is 559 g/mol. The Morgan fingerprint density at radius 2 is 1.41 bits per heavy atom. The molecule has 2 aliphatic rings. The van der Waals surface area contributed by atoms with Gasteiger partial charge in [0.05, 0.1) is 5.56 Å². The highest BCUT2D eigenvalue weighted by Crippen LogP contribution is 2.33. The van der Waals surface area contributed by atoms with E-state index >= 15 is 8.78 Å². The van der Waals surface area contributed by atoms with E-state index in [0.29, 0.717) is 11.8 Å². The first kappa shape index (κ1) is 30.7. The second-order valence-corrected chi connectivity index (χ2v) is 11.7. The standard InChI is InChI=1S/C37H44F2O2/c1-3-5-7-8-10-28-17-21-32(22-18-28)41-37(40)31-20-24-34(36(39)26-31)33-23-19-30(25-35(33)38)16-15-29-13-11-27(12-14-29)9-6-4-2/h3-4,8,10,15-16,19-20,23-29,32H,1-2,5-7,9,11-14,17-18,21-22H2/b10-8+,16-15+. The largest absolute Gasteiger partial charge is 0.459 e. The maximum absolute atomic E-state index is 15.1. The molecule has 0 amide bonds. The normalized spacial score (nSPS) is 23.1. The Morgan fingerprint density at radius 1 is 0.780 bits per heavy atom. The van der Waals surface area contributed by atoms with Crippen molar-refractivity contribution in [2.45, 2.75) is 83.2 Å². The van der Waals surface area contributed by atoms with Crippen LogP contribution in [0.1, 0.15) is 93.0 Å². The van der Waals surface area contributed by atoms with Crippen LogP contribution in [0.5, 0.6) is 0 Å². The van der Waals surface area contributed by atoms with Gasteiger partial charge in [0, 0.05) is 11.1 Å². The quantitative estimate of drug-likeness (QED) is 0.147. The molecule has 0 saturated heterocycles. The fourth-order valence-electron chi connectivity index (χ4n) is 6.11. The molecule has 0 atom stereocenters. The lowest BCUT2D eigenvalue weighted by Crippen LogP contribution is -2.24. The highest BCUT2D eigenvalue weighted by molar-refractivity contribution is 5.90. The van der Waals surface area contributed by atoms with Crippen molar-refractivity contribution in [2.75, 3.05) is 0 Å². The summed E-state index contributed by atoms with van der Waals surface area (Å²) in [5, 5.41) is 0. The fourth-order valence-corrected chi connectivity index (χ4v) is 6.11. The van der Waals surface area contributed by atoms with E-state index in [1.54, 1.807) is 6.07 Å². The van der Waals surface area contributed by atoms with E-state index in [1.807, 2.05) is 24.3 Å². The Labute approximate surface area is 244 Å². The van der Waals surface area contributed by atoms with Gasteiger partial charge in [-0.1, -0.05) is 54.7 Å². The molecule has 41 heavy (non-hydrogen) atoms. The van der Waals surface area contributed by atoms with Crippen molar-refractivity contribution in [3.63, 3.8) is 0 Å². The third kappa shape index (κ3) is 9.11. The summed E-state index contributed by atoms with van der Waals surface area (Å²) in [6.45, 7) is 7.56. The van der Waals surface area contributed by atoms with Gasteiger partial charge in [0.15, 0.2) is 0 Å². The van der Waals surface area contributed by atoms with Gasteiger partial charge >= 0.3 is 5.97 Å². The van der Waals surface area contributed by atoms with Crippen molar-refractivity contribution in [3.05, 3.63) is 103 Å². The van der Waals surface area contributed by atoms with Gasteiger partial charge in [-0.3, -0.25) is 0 Å². The van der Waals surface area contributed by atoms with Gasteiger partial charge in [-0.05, 0) is 119 Å². The number of hydrogen-bond donors (Lipinski definition) is 0. The first-order valence-electron chi connectivity index (χ1n) is 15.3. The number of ether oxygens (including phenoxy) is 1. The first-order valence-corrected chi connectivity index (χ1v) is 15.3. The highest BCUT2D eigenvalue weighted by Gasteiger charge is 2.24. The van der Waals surface area contributed by atoms with Gasteiger partial charge in [0.25, 0.3) is 0 Å². The van der Waals surface area contributed by atoms with Crippen molar-refractivity contribution in [3.8, 4) is 11.1 Å². The van der Waals surface area contributed by atoms with E-state index in [-0.39, 0.29) is 22.8 Å². The van der Waals surface area contributed by atoms with Crippen LogP contribution >= 0.6 is 0 Å². The highest BCUT2D eigenvalue weighted by atomic mass is 19.1. The molecule has 4 rings (SSSR count). The van der Waals surface area contributed by atoms with Crippen LogP contribution in [-0.4, -0.2) is 12.1 Å². The zero-order valence-electron chi connectivity index (χ0n) is 24.2. The van der Waals surface area contributed by atoms with Crippen molar-refractivity contribution in [2.24, 2.45) is 17.8 Å². The molecule has 4 heteroatoms. The molecular weight excluding hydrogens is 514 g/mol. The summed E-state index contributed by atoms with van der Waals surface area (Å²) in [6.07, 6.45) is 25.0. The molecule has 2 aromatic carbocycles. The van der Waals surface area contributed by atoms with Crippen LogP contribution in [0.2, 0.25) is 0 Å². The molecule has 2 aliphatic carbocycles. The van der Waals surface area contributed by atoms with E-state index in [4.69, 9.17) is 4.74 Å². The SMILES string of the molecule is C=CCC/C=C/C1CCC(OC(=O)c2ccc(-c3ccc(/C=C/C4CCC(CCC=C)CC4)cc3F)c(F)c2)CC1. The predicted molar refractivity (Wildman–Crippen MR) is 165 cm³/mol. The van der Waals surface area contributed by atoms with Crippen LogP contribution in [0.3, 0.4) is 0 Å². The lowest BCUT2D eigenvalue weighted by atomic mass is 9.80. The lowest BCUT2D eigenvalue weighted by Gasteiger charge is -2.26. The maximum Gasteiger partial charge on any atom is 0.338 e. The topological polar surface area (TPSA) is 26.3 Å². The number of halogens is 2. The number of carbonyl (C=O) groups excluding carboxylic acids is 1. The van der Waals surface area contributed by atoms with E-state index in [0.717, 1.165) is 75.3 Å². The number of rotatable bonds is 12. The molecule has 0 spiro atoms. The number of allylic oxidation sites excluding steroid dienone is 5. The van der Waals surface area contributed by atoms with Gasteiger partial charge < -0.3 is 4.74 Å². The Hall–Kier alpha value is -3.27. The van der Waals surface area contributed by atoms with Crippen LogP contribution in [0.15, 0.2) is 79.9 Å². The predicted octanol–water partition coefficient (Wildman–Crippen LogP) is 10.7. The monoisotopic (exact) mass is 558 g/mol. The van der Waals surface area contributed by atoms with Gasteiger partial charge in [-0.25, -0.2) is 13.6 Å². The van der Waals surface area contributed by atoms with Crippen molar-refractivity contribution in [1.29, 1.82) is 0 Å². The van der Waals surface area contributed by atoms with E-state index in [9.17, 15) is 4.79 Å². The minimum atomic E-state index is -0.636. The summed E-state index contributed by atoms with van der Waals surface area (Å²) in [7, 11) is 0. The third-order valence-corrected chi connectivity index (χ3v) is 8.66. The summed E-state index contributed by atoms with van der Waals surface area (Å²) in [5.74, 6) is 0.166. The van der Waals surface area contributed by atoms with Crippen LogP contribution in [0.4, 0.5) is 8.78 Å². The Bertz CT molecular complexity index is 1230. The molecule has 218 valence electrons. The molecule has 2 fully saturated rings. The minimum Gasteiger partial charge on any atom is -0.459 e. The Balaban J connectivity index is 1.30. The molecule has 0 unspecified atom stereocenters. The summed E-state index contributed by atoms with van der Waals surface area (Å²) in [5.41, 5.74) is 1.23. The fraction of sp³-hybridized carbons (Fsp3) is 0.432. The first-order chi connectivity index (χ1) is 20.0. The van der Waals surface area contributed by atoms with E-state index in [2.05, 4.69) is 31.4 Å². The summed E-state index contributed by atoms with van der Waals surface area (Å²) in [6, 6.07) is 9.03. The number of esters is 1. The third-order valence-electron chi connectivity index (χ3n) is 8.66. The molecule has 2 aromatic rings. The number of unbranched alkanes of at least 4 members (excludes halogenated alkanes) is 1. The second-order valence-electron chi connectivity index (χ2n) is 11.7. The van der Waals surface area contributed by atoms with Crippen molar-refractivity contribution >= 4 is 12.0 Å². The number of benzene rings is 2. The maximum atomic E-state index is 15.1. The molecule has 0 aromatic heterocycles. The molecular formula is C37H44F2O2. The van der Waals surface area contributed by atoms with Crippen molar-refractivity contribution < 1.29 is 18.3 Å². The second kappa shape index (κ2) is 15.7. The molecule has 0 radical (unpaired) electrons. The number of hydrogen-bond acceptors (Lipinski definition) is 2. The smallest absolute Gasteiger partial charge is 0.338 e. The van der Waals surface area contributed by atoms with E-state index in [1.165, 1.54) is 37.5 Å². The van der Waals surface area contributed by atoms with Gasteiger partial charge in [0.2, 0.25) is 0 Å². The van der Waals surface area contributed by atoms with Crippen LogP contribution in [0, 0.1) is 29.4 Å². The number of carbonyl (C=O) groups is 1. The minimum absolute atomic E-state index is 0.135. The molecule has 2 saturated carbocycles. The Morgan fingerprint density at radius 3 is 2.07 bits per heavy atom. The molecule has 0 bridgehead atoms. The molecule has 0 N–H and O–H groups in total. The summed E-state index contributed by atoms with van der Waals surface area (Å²) >= 11 is 0. The molecule has 2 nitrogen and oxygen atoms in total. The van der Waals surface area contributed by atoms with Gasteiger partial charge in [-0.2, -0.15) is 0 Å².